The number of allylic oxidation sites excluding steroid dienone is 1. The molecule has 0 spiro atoms. The van der Waals surface area contributed by atoms with Gasteiger partial charge < -0.3 is 5.32 Å². The minimum Gasteiger partial charge on any atom is -0.321 e. The highest BCUT2D eigenvalue weighted by atomic mass is 35.5. The van der Waals surface area contributed by atoms with E-state index >= 15 is 0 Å². The molecule has 0 unspecified atom stereocenters. The summed E-state index contributed by atoms with van der Waals surface area (Å²) in [7, 11) is 0. The summed E-state index contributed by atoms with van der Waals surface area (Å²) in [4.78, 5) is 16.6. The minimum absolute atomic E-state index is 0.162. The number of aromatic nitrogens is 1. The first-order chi connectivity index (χ1) is 12.7. The number of aryl methyl sites for hydroxylation is 1. The summed E-state index contributed by atoms with van der Waals surface area (Å²) in [6.45, 7) is 1.67. The van der Waals surface area contributed by atoms with Gasteiger partial charge in [0.15, 0.2) is 0 Å². The predicted octanol–water partition coefficient (Wildman–Crippen LogP) is 6.02. The summed E-state index contributed by atoms with van der Waals surface area (Å²) < 4.78 is 36.8. The Balaban J connectivity index is 1.87. The number of pyridine rings is 1. The highest BCUT2D eigenvalue weighted by Crippen LogP contribution is 2.28. The van der Waals surface area contributed by atoms with Crippen LogP contribution in [-0.4, -0.2) is 17.1 Å². The van der Waals surface area contributed by atoms with Crippen molar-refractivity contribution in [2.24, 2.45) is 0 Å². The van der Waals surface area contributed by atoms with Crippen LogP contribution in [0.25, 0.3) is 16.8 Å². The molecular weight excluding hydrogens is 377 g/mol. The number of rotatable bonds is 3. The number of carbonyl (C=O) groups is 1. The van der Waals surface area contributed by atoms with Gasteiger partial charge in [-0.2, -0.15) is 13.2 Å². The number of benzene rings is 2. The lowest BCUT2D eigenvalue weighted by Gasteiger charge is -2.11. The van der Waals surface area contributed by atoms with Crippen molar-refractivity contribution >= 4 is 40.0 Å². The van der Waals surface area contributed by atoms with E-state index in [4.69, 9.17) is 11.6 Å². The van der Waals surface area contributed by atoms with Crippen molar-refractivity contribution in [1.29, 1.82) is 0 Å². The van der Waals surface area contributed by atoms with Gasteiger partial charge in [-0.3, -0.25) is 4.79 Å². The number of nitrogens with zero attached hydrogens (tertiary/aromatic N) is 1. The van der Waals surface area contributed by atoms with Crippen LogP contribution >= 0.6 is 11.6 Å². The molecule has 1 amide bonds. The standard InChI is InChI=1S/C20H14ClF3N2O/c1-12-11-13(7-9-20(22,23)24)5-6-14(12)19(27)26-17-4-2-3-16-15(17)8-10-25-18(16)21/h2-11H,1H3,(H,26,27). The molecule has 138 valence electrons. The second-order valence-electron chi connectivity index (χ2n) is 5.91. The third-order valence-corrected chi connectivity index (χ3v) is 4.27. The maximum absolute atomic E-state index is 12.6. The first-order valence-corrected chi connectivity index (χ1v) is 8.33. The van der Waals surface area contributed by atoms with E-state index < -0.39 is 6.18 Å². The SMILES string of the molecule is Cc1cc(C=CC(F)(F)F)ccc1C(=O)Nc1cccc2c(Cl)nccc12. The molecule has 0 atom stereocenters. The fourth-order valence-corrected chi connectivity index (χ4v) is 2.93. The normalized spacial score (nSPS) is 11.9. The van der Waals surface area contributed by atoms with Crippen LogP contribution < -0.4 is 5.32 Å². The molecule has 0 aliphatic heterocycles. The molecule has 7 heteroatoms. The third-order valence-electron chi connectivity index (χ3n) is 3.97. The van der Waals surface area contributed by atoms with Crippen LogP contribution in [0.5, 0.6) is 0 Å². The van der Waals surface area contributed by atoms with E-state index in [2.05, 4.69) is 10.3 Å². The van der Waals surface area contributed by atoms with Gasteiger partial charge in [-0.1, -0.05) is 41.9 Å². The lowest BCUT2D eigenvalue weighted by Crippen LogP contribution is -2.13. The van der Waals surface area contributed by atoms with Gasteiger partial charge in [0, 0.05) is 34.3 Å². The molecule has 0 saturated heterocycles. The van der Waals surface area contributed by atoms with Crippen molar-refractivity contribution in [2.45, 2.75) is 13.1 Å². The first kappa shape index (κ1) is 18.9. The van der Waals surface area contributed by atoms with Crippen LogP contribution in [0.4, 0.5) is 18.9 Å². The molecule has 0 fully saturated rings. The molecule has 0 aliphatic carbocycles. The van der Waals surface area contributed by atoms with Crippen LogP contribution in [0.15, 0.2) is 54.7 Å². The van der Waals surface area contributed by atoms with Crippen molar-refractivity contribution in [3.63, 3.8) is 0 Å². The molecular formula is C20H14ClF3N2O. The number of halogens is 4. The van der Waals surface area contributed by atoms with Gasteiger partial charge in [-0.15, -0.1) is 0 Å². The summed E-state index contributed by atoms with van der Waals surface area (Å²) in [5.41, 5.74) is 1.87. The van der Waals surface area contributed by atoms with E-state index in [-0.39, 0.29) is 12.0 Å². The minimum atomic E-state index is -4.38. The zero-order chi connectivity index (χ0) is 19.6. The average Bonchev–Trinajstić information content (AvgIpc) is 2.60. The highest BCUT2D eigenvalue weighted by molar-refractivity contribution is 6.34. The lowest BCUT2D eigenvalue weighted by atomic mass is 10.0. The monoisotopic (exact) mass is 390 g/mol. The van der Waals surface area contributed by atoms with Gasteiger partial charge in [0.05, 0.1) is 0 Å². The molecule has 3 nitrogen and oxygen atoms in total. The maximum Gasteiger partial charge on any atom is 0.409 e. The molecule has 2 aromatic carbocycles. The van der Waals surface area contributed by atoms with Crippen molar-refractivity contribution in [3.05, 3.63) is 76.6 Å². The topological polar surface area (TPSA) is 42.0 Å². The second kappa shape index (κ2) is 7.40. The molecule has 27 heavy (non-hydrogen) atoms. The number of fused-ring (bicyclic) bond motifs is 1. The molecule has 1 heterocycles. The second-order valence-corrected chi connectivity index (χ2v) is 6.26. The van der Waals surface area contributed by atoms with Gasteiger partial charge in [-0.25, -0.2) is 4.98 Å². The van der Waals surface area contributed by atoms with Crippen LogP contribution in [0.3, 0.4) is 0 Å². The van der Waals surface area contributed by atoms with Crippen molar-refractivity contribution in [3.8, 4) is 0 Å². The third kappa shape index (κ3) is 4.46. The molecule has 0 aliphatic rings. The smallest absolute Gasteiger partial charge is 0.321 e. The summed E-state index contributed by atoms with van der Waals surface area (Å²) in [5, 5.41) is 4.61. The van der Waals surface area contributed by atoms with Crippen LogP contribution in [0, 0.1) is 6.92 Å². The Kier molecular flexibility index (Phi) is 5.19. The number of nitrogens with one attached hydrogen (secondary N) is 1. The van der Waals surface area contributed by atoms with E-state index in [0.29, 0.717) is 32.9 Å². The van der Waals surface area contributed by atoms with Crippen LogP contribution in [0.2, 0.25) is 5.15 Å². The zero-order valence-corrected chi connectivity index (χ0v) is 14.9. The molecule has 3 aromatic rings. The molecule has 0 radical (unpaired) electrons. The predicted molar refractivity (Wildman–Crippen MR) is 101 cm³/mol. The van der Waals surface area contributed by atoms with Crippen LogP contribution in [-0.2, 0) is 0 Å². The fourth-order valence-electron chi connectivity index (χ4n) is 2.71. The summed E-state index contributed by atoms with van der Waals surface area (Å²) >= 11 is 6.08. The Morgan fingerprint density at radius 1 is 1.15 bits per heavy atom. The van der Waals surface area contributed by atoms with E-state index in [9.17, 15) is 18.0 Å². The van der Waals surface area contributed by atoms with Gasteiger partial charge in [0.25, 0.3) is 5.91 Å². The number of amides is 1. The Labute approximate surface area is 158 Å². The molecule has 3 rings (SSSR count). The number of carbonyl (C=O) groups excluding carboxylic acids is 1. The number of anilines is 1. The van der Waals surface area contributed by atoms with Crippen molar-refractivity contribution in [1.82, 2.24) is 4.98 Å². The van der Waals surface area contributed by atoms with E-state index in [1.54, 1.807) is 37.4 Å². The lowest BCUT2D eigenvalue weighted by molar-refractivity contribution is -0.0790. The Hall–Kier alpha value is -2.86. The van der Waals surface area contributed by atoms with Gasteiger partial charge in [-0.05, 0) is 36.2 Å². The van der Waals surface area contributed by atoms with Crippen molar-refractivity contribution < 1.29 is 18.0 Å². The van der Waals surface area contributed by atoms with Crippen LogP contribution in [0.1, 0.15) is 21.5 Å². The highest BCUT2D eigenvalue weighted by Gasteiger charge is 2.21. The van der Waals surface area contributed by atoms with Gasteiger partial charge in [0.1, 0.15) is 5.15 Å². The van der Waals surface area contributed by atoms with E-state index in [1.165, 1.54) is 18.2 Å². The summed E-state index contributed by atoms with van der Waals surface area (Å²) in [6.07, 6.45) is -1.70. The first-order valence-electron chi connectivity index (χ1n) is 7.96. The van der Waals surface area contributed by atoms with E-state index in [1.807, 2.05) is 0 Å². The van der Waals surface area contributed by atoms with Crippen molar-refractivity contribution in [2.75, 3.05) is 5.32 Å². The molecule has 1 aromatic heterocycles. The molecule has 1 N–H and O–H groups in total. The average molecular weight is 391 g/mol. The zero-order valence-electron chi connectivity index (χ0n) is 14.1. The Bertz CT molecular complexity index is 1050. The largest absolute Gasteiger partial charge is 0.409 e. The fraction of sp³-hybridized carbons (Fsp3) is 0.100. The Morgan fingerprint density at radius 2 is 1.93 bits per heavy atom. The molecule has 0 bridgehead atoms. The quantitative estimate of drug-likeness (QED) is 0.555. The summed E-state index contributed by atoms with van der Waals surface area (Å²) in [5.74, 6) is -0.362. The summed E-state index contributed by atoms with van der Waals surface area (Å²) in [6, 6.07) is 11.5. The van der Waals surface area contributed by atoms with Gasteiger partial charge >= 0.3 is 6.18 Å². The number of hydrogen-bond acceptors (Lipinski definition) is 2. The molecule has 0 saturated carbocycles. The maximum atomic E-state index is 12.6. The number of hydrogen-bond donors (Lipinski definition) is 1. The van der Waals surface area contributed by atoms with Gasteiger partial charge in [0.2, 0.25) is 0 Å². The van der Waals surface area contributed by atoms with E-state index in [0.717, 1.165) is 11.5 Å². The Morgan fingerprint density at radius 3 is 2.63 bits per heavy atom. The number of alkyl halides is 3.